The Morgan fingerprint density at radius 1 is 1.36 bits per heavy atom. The van der Waals surface area contributed by atoms with E-state index in [9.17, 15) is 4.79 Å². The number of aryl methyl sites for hydroxylation is 1. The number of aromatic nitrogens is 2. The third kappa shape index (κ3) is 6.93. The molecule has 0 aliphatic rings. The largest absolute Gasteiger partial charge is 0.444 e. The molecular weight excluding hydrogens is 280 g/mol. The average Bonchev–Trinajstić information content (AvgIpc) is 2.76. The average molecular weight is 310 g/mol. The molecule has 0 saturated heterocycles. The molecule has 1 amide bonds. The molecule has 6 heteroatoms. The summed E-state index contributed by atoms with van der Waals surface area (Å²) in [5.74, 6) is 0.815. The van der Waals surface area contributed by atoms with Crippen LogP contribution in [0, 0.1) is 11.8 Å². The summed E-state index contributed by atoms with van der Waals surface area (Å²) in [5.41, 5.74) is 0.678. The van der Waals surface area contributed by atoms with Gasteiger partial charge in [-0.05, 0) is 38.7 Å². The molecule has 0 radical (unpaired) electrons. The van der Waals surface area contributed by atoms with Crippen LogP contribution in [0.2, 0.25) is 0 Å². The molecule has 1 rings (SSSR count). The predicted molar refractivity (Wildman–Crippen MR) is 87.5 cm³/mol. The molecule has 0 spiro atoms. The monoisotopic (exact) mass is 310 g/mol. The number of hydrogen-bond donors (Lipinski definition) is 2. The molecule has 1 atom stereocenters. The first kappa shape index (κ1) is 18.5. The van der Waals surface area contributed by atoms with Crippen molar-refractivity contribution in [1.29, 1.82) is 0 Å². The quantitative estimate of drug-likeness (QED) is 0.811. The van der Waals surface area contributed by atoms with Gasteiger partial charge in [0.15, 0.2) is 0 Å². The summed E-state index contributed by atoms with van der Waals surface area (Å²) in [4.78, 5) is 11.7. The number of carbonyl (C=O) groups is 1. The van der Waals surface area contributed by atoms with Crippen molar-refractivity contribution in [3.8, 4) is 0 Å². The Bertz CT molecular complexity index is 463. The van der Waals surface area contributed by atoms with Crippen molar-refractivity contribution in [3.63, 3.8) is 0 Å². The molecule has 0 fully saturated rings. The fourth-order valence-electron chi connectivity index (χ4n) is 2.03. The van der Waals surface area contributed by atoms with Gasteiger partial charge in [0, 0.05) is 32.9 Å². The van der Waals surface area contributed by atoms with Crippen molar-refractivity contribution in [3.05, 3.63) is 18.0 Å². The summed E-state index contributed by atoms with van der Waals surface area (Å²) in [6, 6.07) is 2.00. The summed E-state index contributed by atoms with van der Waals surface area (Å²) >= 11 is 0. The van der Waals surface area contributed by atoms with Crippen molar-refractivity contribution in [2.45, 2.75) is 46.8 Å². The fraction of sp³-hybridized carbons (Fsp3) is 0.750. The van der Waals surface area contributed by atoms with Crippen LogP contribution in [0.1, 0.15) is 40.3 Å². The fourth-order valence-corrected chi connectivity index (χ4v) is 2.03. The maximum absolute atomic E-state index is 11.7. The number of nitrogens with zero attached hydrogens (tertiary/aromatic N) is 2. The van der Waals surface area contributed by atoms with E-state index >= 15 is 0 Å². The Hall–Kier alpha value is -1.56. The number of nitrogens with one attached hydrogen (secondary N) is 2. The molecule has 0 aliphatic carbocycles. The molecule has 1 aromatic rings. The number of ether oxygens (including phenoxy) is 1. The van der Waals surface area contributed by atoms with Crippen LogP contribution < -0.4 is 10.6 Å². The van der Waals surface area contributed by atoms with Gasteiger partial charge in [-0.3, -0.25) is 4.68 Å². The summed E-state index contributed by atoms with van der Waals surface area (Å²) in [5, 5.41) is 10.4. The minimum atomic E-state index is -0.463. The topological polar surface area (TPSA) is 68.2 Å². The lowest BCUT2D eigenvalue weighted by Crippen LogP contribution is -2.39. The van der Waals surface area contributed by atoms with Gasteiger partial charge in [-0.15, -0.1) is 0 Å². The van der Waals surface area contributed by atoms with Gasteiger partial charge in [0.25, 0.3) is 0 Å². The lowest BCUT2D eigenvalue weighted by atomic mass is 9.96. The molecule has 0 aromatic carbocycles. The van der Waals surface area contributed by atoms with Crippen molar-refractivity contribution in [1.82, 2.24) is 20.4 Å². The Kier molecular flexibility index (Phi) is 6.87. The first-order valence-electron chi connectivity index (χ1n) is 7.83. The second-order valence-electron chi connectivity index (χ2n) is 6.96. The van der Waals surface area contributed by atoms with Gasteiger partial charge in [0.1, 0.15) is 5.60 Å². The minimum absolute atomic E-state index is 0.348. The van der Waals surface area contributed by atoms with Crippen LogP contribution in [0.5, 0.6) is 0 Å². The van der Waals surface area contributed by atoms with E-state index in [1.165, 1.54) is 0 Å². The summed E-state index contributed by atoms with van der Waals surface area (Å²) in [6.07, 6.45) is 1.44. The highest BCUT2D eigenvalue weighted by Crippen LogP contribution is 2.10. The normalized spacial score (nSPS) is 13.2. The van der Waals surface area contributed by atoms with Crippen LogP contribution in [-0.2, 0) is 18.3 Å². The first-order chi connectivity index (χ1) is 10.2. The molecule has 1 aromatic heterocycles. The molecule has 2 N–H and O–H groups in total. The Balaban J connectivity index is 2.36. The van der Waals surface area contributed by atoms with Crippen LogP contribution in [-0.4, -0.2) is 34.6 Å². The van der Waals surface area contributed by atoms with Gasteiger partial charge in [-0.25, -0.2) is 4.79 Å². The molecule has 1 unspecified atom stereocenters. The van der Waals surface area contributed by atoms with Crippen molar-refractivity contribution < 1.29 is 9.53 Å². The molecule has 1 heterocycles. The van der Waals surface area contributed by atoms with Crippen LogP contribution in [0.15, 0.2) is 12.3 Å². The zero-order valence-electron chi connectivity index (χ0n) is 14.6. The van der Waals surface area contributed by atoms with Gasteiger partial charge in [0.2, 0.25) is 0 Å². The van der Waals surface area contributed by atoms with E-state index in [0.29, 0.717) is 18.4 Å². The first-order valence-corrected chi connectivity index (χ1v) is 7.83. The highest BCUT2D eigenvalue weighted by atomic mass is 16.6. The third-order valence-electron chi connectivity index (χ3n) is 3.49. The predicted octanol–water partition coefficient (Wildman–Crippen LogP) is 2.31. The molecule has 0 aliphatic heterocycles. The summed E-state index contributed by atoms with van der Waals surface area (Å²) in [6.45, 7) is 12.1. The molecule has 0 saturated carbocycles. The lowest BCUT2D eigenvalue weighted by molar-refractivity contribution is 0.0515. The number of alkyl carbamates (subject to hydrolysis) is 1. The van der Waals surface area contributed by atoms with E-state index in [1.807, 2.05) is 38.6 Å². The third-order valence-corrected chi connectivity index (χ3v) is 3.49. The summed E-state index contributed by atoms with van der Waals surface area (Å²) in [7, 11) is 1.93. The van der Waals surface area contributed by atoms with Crippen LogP contribution in [0.4, 0.5) is 4.79 Å². The molecule has 22 heavy (non-hydrogen) atoms. The van der Waals surface area contributed by atoms with Crippen LogP contribution in [0.25, 0.3) is 0 Å². The Morgan fingerprint density at radius 3 is 2.55 bits per heavy atom. The standard InChI is InChI=1S/C16H30N4O2/c1-12(2)13(10-18-15(21)22-16(3,4)5)9-17-11-14-7-8-19-20(14)6/h7-8,12-13,17H,9-11H2,1-6H3,(H,18,21). The minimum Gasteiger partial charge on any atom is -0.444 e. The number of hydrogen-bond acceptors (Lipinski definition) is 4. The zero-order chi connectivity index (χ0) is 16.8. The second-order valence-corrected chi connectivity index (χ2v) is 6.96. The Morgan fingerprint density at radius 2 is 2.05 bits per heavy atom. The van der Waals surface area contributed by atoms with E-state index in [2.05, 4.69) is 29.6 Å². The van der Waals surface area contributed by atoms with E-state index in [1.54, 1.807) is 6.20 Å². The maximum atomic E-state index is 11.7. The van der Waals surface area contributed by atoms with E-state index in [4.69, 9.17) is 4.74 Å². The molecular formula is C16H30N4O2. The van der Waals surface area contributed by atoms with E-state index < -0.39 is 5.60 Å². The molecule has 0 bridgehead atoms. The van der Waals surface area contributed by atoms with Gasteiger partial charge in [-0.1, -0.05) is 13.8 Å². The summed E-state index contributed by atoms with van der Waals surface area (Å²) < 4.78 is 7.12. The van der Waals surface area contributed by atoms with Crippen LogP contribution >= 0.6 is 0 Å². The van der Waals surface area contributed by atoms with Crippen molar-refractivity contribution in [2.75, 3.05) is 13.1 Å². The van der Waals surface area contributed by atoms with E-state index in [-0.39, 0.29) is 6.09 Å². The number of rotatable bonds is 7. The smallest absolute Gasteiger partial charge is 0.407 e. The zero-order valence-corrected chi connectivity index (χ0v) is 14.6. The van der Waals surface area contributed by atoms with Gasteiger partial charge in [-0.2, -0.15) is 5.10 Å². The highest BCUT2D eigenvalue weighted by Gasteiger charge is 2.19. The molecule has 126 valence electrons. The van der Waals surface area contributed by atoms with Gasteiger partial charge in [0.05, 0.1) is 5.69 Å². The number of carbonyl (C=O) groups excluding carboxylic acids is 1. The van der Waals surface area contributed by atoms with Gasteiger partial charge < -0.3 is 15.4 Å². The Labute approximate surface area is 133 Å². The number of amides is 1. The molecule has 6 nitrogen and oxygen atoms in total. The van der Waals surface area contributed by atoms with Gasteiger partial charge >= 0.3 is 6.09 Å². The van der Waals surface area contributed by atoms with Crippen LogP contribution in [0.3, 0.4) is 0 Å². The van der Waals surface area contributed by atoms with E-state index in [0.717, 1.165) is 18.8 Å². The second kappa shape index (κ2) is 8.17. The maximum Gasteiger partial charge on any atom is 0.407 e. The lowest BCUT2D eigenvalue weighted by Gasteiger charge is -2.24. The highest BCUT2D eigenvalue weighted by molar-refractivity contribution is 5.67. The van der Waals surface area contributed by atoms with Crippen molar-refractivity contribution in [2.24, 2.45) is 18.9 Å². The van der Waals surface area contributed by atoms with Crippen molar-refractivity contribution >= 4 is 6.09 Å². The SMILES string of the molecule is CC(C)C(CNCc1ccnn1C)CNC(=O)OC(C)(C)C.